The Hall–Kier alpha value is -1.24. The summed E-state index contributed by atoms with van der Waals surface area (Å²) in [7, 11) is 0. The van der Waals surface area contributed by atoms with Crippen LogP contribution in [0.5, 0.6) is 0 Å². The Bertz CT molecular complexity index is 402. The Kier molecular flexibility index (Phi) is 5.28. The number of carbonyl (C=O) groups is 3. The number of nitrogens with zero attached hydrogens (tertiary/aromatic N) is 1. The molecular weight excluding hydrogens is 280 g/mol. The molecule has 2 fully saturated rings. The lowest BCUT2D eigenvalue weighted by Gasteiger charge is -2.17. The number of rotatable bonds is 6. The minimum Gasteiger partial charge on any atom is -0.481 e. The number of hydrogen-bond acceptors (Lipinski definition) is 4. The quantitative estimate of drug-likeness (QED) is 0.769. The van der Waals surface area contributed by atoms with Gasteiger partial charge in [-0.3, -0.25) is 14.4 Å². The summed E-state index contributed by atoms with van der Waals surface area (Å²) in [6, 6.07) is 0. The number of hydrogen-bond donors (Lipinski definition) is 2. The summed E-state index contributed by atoms with van der Waals surface area (Å²) < 4.78 is 0. The van der Waals surface area contributed by atoms with E-state index in [-0.39, 0.29) is 29.4 Å². The summed E-state index contributed by atoms with van der Waals surface area (Å²) in [5, 5.41) is 11.9. The van der Waals surface area contributed by atoms with Gasteiger partial charge in [0, 0.05) is 31.8 Å². The van der Waals surface area contributed by atoms with E-state index in [0.29, 0.717) is 26.1 Å². The molecule has 6 nitrogen and oxygen atoms in total. The van der Waals surface area contributed by atoms with Gasteiger partial charge in [-0.2, -0.15) is 0 Å². The Morgan fingerprint density at radius 1 is 1.40 bits per heavy atom. The SMILES string of the molecule is O=C(CCN1CCSC1=O)NCC1CCCC1C(=O)O. The molecule has 2 rings (SSSR count). The highest BCUT2D eigenvalue weighted by Gasteiger charge is 2.32. The predicted octanol–water partition coefficient (Wildman–Crippen LogP) is 1.16. The van der Waals surface area contributed by atoms with Crippen LogP contribution in [0.15, 0.2) is 0 Å². The van der Waals surface area contributed by atoms with Crippen LogP contribution in [0.25, 0.3) is 0 Å². The zero-order valence-electron chi connectivity index (χ0n) is 11.3. The summed E-state index contributed by atoms with van der Waals surface area (Å²) in [6.45, 7) is 1.59. The lowest BCUT2D eigenvalue weighted by atomic mass is 9.96. The number of nitrogens with one attached hydrogen (secondary N) is 1. The van der Waals surface area contributed by atoms with Crippen molar-refractivity contribution < 1.29 is 19.5 Å². The number of amides is 2. The lowest BCUT2D eigenvalue weighted by Crippen LogP contribution is -2.35. The molecule has 1 saturated heterocycles. The molecule has 2 N–H and O–H groups in total. The van der Waals surface area contributed by atoms with Gasteiger partial charge in [0.2, 0.25) is 5.91 Å². The molecule has 7 heteroatoms. The van der Waals surface area contributed by atoms with E-state index in [4.69, 9.17) is 5.11 Å². The Morgan fingerprint density at radius 3 is 2.85 bits per heavy atom. The van der Waals surface area contributed by atoms with E-state index in [9.17, 15) is 14.4 Å². The Labute approximate surface area is 122 Å². The van der Waals surface area contributed by atoms with Gasteiger partial charge in [0.1, 0.15) is 0 Å². The number of thioether (sulfide) groups is 1. The van der Waals surface area contributed by atoms with Crippen molar-refractivity contribution >= 4 is 28.9 Å². The molecule has 112 valence electrons. The maximum atomic E-state index is 11.7. The molecule has 0 spiro atoms. The fraction of sp³-hybridized carbons (Fsp3) is 0.769. The second-order valence-corrected chi connectivity index (χ2v) is 6.34. The minimum atomic E-state index is -0.763. The van der Waals surface area contributed by atoms with E-state index in [1.54, 1.807) is 4.90 Å². The summed E-state index contributed by atoms with van der Waals surface area (Å²) >= 11 is 1.28. The van der Waals surface area contributed by atoms with Crippen molar-refractivity contribution in [2.45, 2.75) is 25.7 Å². The van der Waals surface area contributed by atoms with Crippen LogP contribution < -0.4 is 5.32 Å². The molecule has 0 aromatic carbocycles. The molecular formula is C13H20N2O4S. The molecule has 2 amide bonds. The highest BCUT2D eigenvalue weighted by atomic mass is 32.2. The molecule has 0 aromatic rings. The molecule has 2 aliphatic rings. The van der Waals surface area contributed by atoms with Crippen LogP contribution in [0.3, 0.4) is 0 Å². The summed E-state index contributed by atoms with van der Waals surface area (Å²) in [5.41, 5.74) is 0. The largest absolute Gasteiger partial charge is 0.481 e. The molecule has 2 atom stereocenters. The predicted molar refractivity (Wildman–Crippen MR) is 75.5 cm³/mol. The van der Waals surface area contributed by atoms with E-state index in [0.717, 1.165) is 18.6 Å². The smallest absolute Gasteiger partial charge is 0.306 e. The average molecular weight is 300 g/mol. The average Bonchev–Trinajstić information content (AvgIpc) is 3.02. The second-order valence-electron chi connectivity index (χ2n) is 5.29. The third-order valence-electron chi connectivity index (χ3n) is 3.99. The normalized spacial score (nSPS) is 26.0. The van der Waals surface area contributed by atoms with E-state index >= 15 is 0 Å². The van der Waals surface area contributed by atoms with Crippen LogP contribution in [-0.2, 0) is 9.59 Å². The number of aliphatic carboxylic acids is 1. The lowest BCUT2D eigenvalue weighted by molar-refractivity contribution is -0.143. The van der Waals surface area contributed by atoms with Crippen molar-refractivity contribution in [1.82, 2.24) is 10.2 Å². The van der Waals surface area contributed by atoms with Crippen LogP contribution in [0.1, 0.15) is 25.7 Å². The Morgan fingerprint density at radius 2 is 2.20 bits per heavy atom. The van der Waals surface area contributed by atoms with Crippen molar-refractivity contribution in [2.24, 2.45) is 11.8 Å². The minimum absolute atomic E-state index is 0.0412. The number of carboxylic acid groups (broad SMARTS) is 1. The molecule has 20 heavy (non-hydrogen) atoms. The summed E-state index contributed by atoms with van der Waals surface area (Å²) in [4.78, 5) is 35.8. The molecule has 0 bridgehead atoms. The van der Waals surface area contributed by atoms with Crippen molar-refractivity contribution in [3.63, 3.8) is 0 Å². The molecule has 0 radical (unpaired) electrons. The van der Waals surface area contributed by atoms with Crippen molar-refractivity contribution in [2.75, 3.05) is 25.4 Å². The molecule has 1 aliphatic heterocycles. The zero-order valence-corrected chi connectivity index (χ0v) is 12.2. The van der Waals surface area contributed by atoms with Gasteiger partial charge in [0.15, 0.2) is 0 Å². The first kappa shape index (κ1) is 15.2. The van der Waals surface area contributed by atoms with E-state index in [2.05, 4.69) is 5.32 Å². The van der Waals surface area contributed by atoms with Gasteiger partial charge < -0.3 is 15.3 Å². The third kappa shape index (κ3) is 3.88. The van der Waals surface area contributed by atoms with Gasteiger partial charge in [-0.25, -0.2) is 0 Å². The van der Waals surface area contributed by atoms with Crippen molar-refractivity contribution in [3.8, 4) is 0 Å². The highest BCUT2D eigenvalue weighted by Crippen LogP contribution is 2.31. The van der Waals surface area contributed by atoms with E-state index < -0.39 is 5.97 Å². The van der Waals surface area contributed by atoms with Gasteiger partial charge in [-0.05, 0) is 18.8 Å². The van der Waals surface area contributed by atoms with Crippen molar-refractivity contribution in [3.05, 3.63) is 0 Å². The molecule has 1 saturated carbocycles. The van der Waals surface area contributed by atoms with Gasteiger partial charge >= 0.3 is 5.97 Å². The monoisotopic (exact) mass is 300 g/mol. The second kappa shape index (κ2) is 6.97. The first-order valence-electron chi connectivity index (χ1n) is 6.99. The van der Waals surface area contributed by atoms with Crippen LogP contribution >= 0.6 is 11.8 Å². The topological polar surface area (TPSA) is 86.7 Å². The highest BCUT2D eigenvalue weighted by molar-refractivity contribution is 8.13. The maximum Gasteiger partial charge on any atom is 0.306 e. The molecule has 0 aromatic heterocycles. The van der Waals surface area contributed by atoms with Gasteiger partial charge in [0.05, 0.1) is 5.92 Å². The number of carbonyl (C=O) groups excluding carboxylic acids is 2. The van der Waals surface area contributed by atoms with Crippen LogP contribution in [0.2, 0.25) is 0 Å². The molecule has 1 aliphatic carbocycles. The molecule has 1 heterocycles. The summed E-state index contributed by atoms with van der Waals surface area (Å²) in [5.74, 6) is -0.359. The maximum absolute atomic E-state index is 11.7. The van der Waals surface area contributed by atoms with Crippen LogP contribution in [0, 0.1) is 11.8 Å². The first-order valence-corrected chi connectivity index (χ1v) is 7.97. The fourth-order valence-electron chi connectivity index (χ4n) is 2.80. The standard InChI is InChI=1S/C13H20N2O4S/c16-11(4-5-15-6-7-20-13(15)19)14-8-9-2-1-3-10(9)12(17)18/h9-10H,1-8H2,(H,14,16)(H,17,18). The van der Waals surface area contributed by atoms with E-state index in [1.165, 1.54) is 11.8 Å². The fourth-order valence-corrected chi connectivity index (χ4v) is 3.66. The van der Waals surface area contributed by atoms with Gasteiger partial charge in [0.25, 0.3) is 5.24 Å². The van der Waals surface area contributed by atoms with Crippen molar-refractivity contribution in [1.29, 1.82) is 0 Å². The van der Waals surface area contributed by atoms with Crippen LogP contribution in [0.4, 0.5) is 4.79 Å². The molecule has 2 unspecified atom stereocenters. The summed E-state index contributed by atoms with van der Waals surface area (Å²) in [6.07, 6.45) is 2.77. The third-order valence-corrected chi connectivity index (χ3v) is 4.88. The van der Waals surface area contributed by atoms with E-state index in [1.807, 2.05) is 0 Å². The Balaban J connectivity index is 1.67. The first-order chi connectivity index (χ1) is 9.58. The van der Waals surface area contributed by atoms with Crippen LogP contribution in [-0.4, -0.2) is 52.5 Å². The number of carboxylic acids is 1. The van der Waals surface area contributed by atoms with Gasteiger partial charge in [-0.15, -0.1) is 0 Å². The zero-order chi connectivity index (χ0) is 14.5. The van der Waals surface area contributed by atoms with Gasteiger partial charge in [-0.1, -0.05) is 18.2 Å².